The predicted octanol–water partition coefficient (Wildman–Crippen LogP) is 2.77. The van der Waals surface area contributed by atoms with E-state index in [0.717, 1.165) is 19.4 Å². The maximum Gasteiger partial charge on any atom is 0.231 e. The van der Waals surface area contributed by atoms with Gasteiger partial charge in [0.25, 0.3) is 0 Å². The number of amides is 2. The number of carbonyl (C=O) groups is 2. The molecule has 1 aromatic rings. The van der Waals surface area contributed by atoms with E-state index in [0.29, 0.717) is 16.9 Å². The minimum Gasteiger partial charge on any atom is -0.351 e. The summed E-state index contributed by atoms with van der Waals surface area (Å²) < 4.78 is 0. The molecule has 1 saturated heterocycles. The van der Waals surface area contributed by atoms with E-state index in [2.05, 4.69) is 27.9 Å². The van der Waals surface area contributed by atoms with Crippen LogP contribution >= 0.6 is 36.2 Å². The molecule has 144 valence electrons. The van der Waals surface area contributed by atoms with Gasteiger partial charge in [0.05, 0.1) is 12.1 Å². The monoisotopic (exact) mass is 410 g/mol. The van der Waals surface area contributed by atoms with E-state index in [4.69, 9.17) is 0 Å². The smallest absolute Gasteiger partial charge is 0.231 e. The number of rotatable bonds is 4. The van der Waals surface area contributed by atoms with E-state index >= 15 is 0 Å². The fourth-order valence-electron chi connectivity index (χ4n) is 2.39. The van der Waals surface area contributed by atoms with Crippen LogP contribution in [0, 0.1) is 5.41 Å². The first kappa shape index (κ1) is 24.1. The zero-order chi connectivity index (χ0) is 17.0. The van der Waals surface area contributed by atoms with Gasteiger partial charge in [0, 0.05) is 22.9 Å². The van der Waals surface area contributed by atoms with E-state index in [9.17, 15) is 9.59 Å². The summed E-state index contributed by atoms with van der Waals surface area (Å²) in [5.41, 5.74) is 0.223. The molecule has 0 aliphatic carbocycles. The molecule has 2 heterocycles. The van der Waals surface area contributed by atoms with E-state index < -0.39 is 5.41 Å². The lowest BCUT2D eigenvalue weighted by Gasteiger charge is -2.30. The van der Waals surface area contributed by atoms with Crippen LogP contribution in [0.2, 0.25) is 0 Å². The highest BCUT2D eigenvalue weighted by atomic mass is 35.5. The number of carbonyl (C=O) groups excluding carboxylic acids is 2. The van der Waals surface area contributed by atoms with Crippen LogP contribution in [0.1, 0.15) is 46.2 Å². The van der Waals surface area contributed by atoms with Crippen LogP contribution in [-0.4, -0.2) is 35.4 Å². The number of aromatic nitrogens is 1. The molecule has 1 aromatic heterocycles. The minimum atomic E-state index is -0.465. The Kier molecular flexibility index (Phi) is 9.94. The summed E-state index contributed by atoms with van der Waals surface area (Å²) in [5.74, 6) is -0.102. The summed E-state index contributed by atoms with van der Waals surface area (Å²) in [6.45, 7) is 8.65. The highest BCUT2D eigenvalue weighted by molar-refractivity contribution is 7.13. The first-order valence-corrected chi connectivity index (χ1v) is 8.92. The van der Waals surface area contributed by atoms with Crippen molar-refractivity contribution in [3.63, 3.8) is 0 Å². The second-order valence-corrected chi connectivity index (χ2v) is 7.94. The number of anilines is 1. The second-order valence-electron chi connectivity index (χ2n) is 7.08. The third-order valence-electron chi connectivity index (χ3n) is 3.90. The molecule has 0 saturated carbocycles. The average molecular weight is 411 g/mol. The summed E-state index contributed by atoms with van der Waals surface area (Å²) in [6.07, 6.45) is 2.32. The Hall–Kier alpha value is -0.890. The van der Waals surface area contributed by atoms with Crippen LogP contribution in [0.5, 0.6) is 0 Å². The number of hydrogen-bond donors (Lipinski definition) is 3. The summed E-state index contributed by atoms with van der Waals surface area (Å²) >= 11 is 1.35. The topological polar surface area (TPSA) is 83.1 Å². The van der Waals surface area contributed by atoms with E-state index in [1.807, 2.05) is 26.2 Å². The Bertz CT molecular complexity index is 575. The predicted molar refractivity (Wildman–Crippen MR) is 107 cm³/mol. The largest absolute Gasteiger partial charge is 0.351 e. The Morgan fingerprint density at radius 3 is 2.64 bits per heavy atom. The second kappa shape index (κ2) is 10.3. The Labute approximate surface area is 165 Å². The third-order valence-corrected chi connectivity index (χ3v) is 4.71. The summed E-state index contributed by atoms with van der Waals surface area (Å²) in [7, 11) is 0. The molecular weight excluding hydrogens is 383 g/mol. The van der Waals surface area contributed by atoms with Crippen molar-refractivity contribution in [1.29, 1.82) is 0 Å². The summed E-state index contributed by atoms with van der Waals surface area (Å²) in [5, 5.41) is 11.6. The van der Waals surface area contributed by atoms with Crippen LogP contribution in [0.4, 0.5) is 5.13 Å². The van der Waals surface area contributed by atoms with Crippen molar-refractivity contribution in [2.24, 2.45) is 5.41 Å². The van der Waals surface area contributed by atoms with Crippen molar-refractivity contribution in [1.82, 2.24) is 15.6 Å². The van der Waals surface area contributed by atoms with Crippen LogP contribution < -0.4 is 16.0 Å². The zero-order valence-corrected chi connectivity index (χ0v) is 17.5. The molecule has 3 N–H and O–H groups in total. The lowest BCUT2D eigenvalue weighted by Crippen LogP contribution is -2.52. The SMILES string of the molecule is CC1NCCCC1NC(=O)Cc1csc(NC(=O)C(C)(C)C)n1.Cl.Cl. The van der Waals surface area contributed by atoms with Crippen molar-refractivity contribution >= 4 is 53.1 Å². The molecular formula is C16H28Cl2N4O2S. The fourth-order valence-corrected chi connectivity index (χ4v) is 3.10. The molecule has 2 atom stereocenters. The first-order valence-electron chi connectivity index (χ1n) is 8.04. The van der Waals surface area contributed by atoms with Gasteiger partial charge in [-0.25, -0.2) is 4.98 Å². The van der Waals surface area contributed by atoms with Crippen molar-refractivity contribution in [2.45, 2.75) is 59.0 Å². The number of nitrogens with zero attached hydrogens (tertiary/aromatic N) is 1. The molecule has 1 aliphatic rings. The number of thiazole rings is 1. The van der Waals surface area contributed by atoms with E-state index in [1.54, 1.807) is 0 Å². The van der Waals surface area contributed by atoms with Crippen molar-refractivity contribution in [3.8, 4) is 0 Å². The Balaban J connectivity index is 0.00000288. The summed E-state index contributed by atoms with van der Waals surface area (Å²) in [4.78, 5) is 28.4. The van der Waals surface area contributed by atoms with Crippen LogP contribution in [0.15, 0.2) is 5.38 Å². The van der Waals surface area contributed by atoms with Crippen molar-refractivity contribution in [3.05, 3.63) is 11.1 Å². The van der Waals surface area contributed by atoms with Crippen molar-refractivity contribution < 1.29 is 9.59 Å². The van der Waals surface area contributed by atoms with Gasteiger partial charge >= 0.3 is 0 Å². The lowest BCUT2D eigenvalue weighted by molar-refractivity contribution is -0.123. The molecule has 0 radical (unpaired) electrons. The maximum absolute atomic E-state index is 12.2. The fraction of sp³-hybridized carbons (Fsp3) is 0.688. The van der Waals surface area contributed by atoms with E-state index in [1.165, 1.54) is 11.3 Å². The van der Waals surface area contributed by atoms with Gasteiger partial charge in [-0.2, -0.15) is 0 Å². The molecule has 2 rings (SSSR count). The van der Waals surface area contributed by atoms with E-state index in [-0.39, 0.29) is 49.1 Å². The van der Waals surface area contributed by atoms with Crippen molar-refractivity contribution in [2.75, 3.05) is 11.9 Å². The molecule has 9 heteroatoms. The van der Waals surface area contributed by atoms with Gasteiger partial charge in [0.2, 0.25) is 11.8 Å². The first-order chi connectivity index (χ1) is 10.8. The third kappa shape index (κ3) is 7.48. The maximum atomic E-state index is 12.2. The Morgan fingerprint density at radius 2 is 2.04 bits per heavy atom. The number of halogens is 2. The summed E-state index contributed by atoms with van der Waals surface area (Å²) in [6, 6.07) is 0.472. The molecule has 0 spiro atoms. The van der Waals surface area contributed by atoms with Gasteiger partial charge in [-0.15, -0.1) is 36.2 Å². The molecule has 1 fully saturated rings. The number of nitrogens with one attached hydrogen (secondary N) is 3. The van der Waals surface area contributed by atoms with Gasteiger partial charge in [-0.05, 0) is 26.3 Å². The quantitative estimate of drug-likeness (QED) is 0.712. The number of hydrogen-bond acceptors (Lipinski definition) is 5. The molecule has 0 bridgehead atoms. The van der Waals surface area contributed by atoms with Crippen LogP contribution in [-0.2, 0) is 16.0 Å². The normalized spacial score (nSPS) is 20.0. The highest BCUT2D eigenvalue weighted by Gasteiger charge is 2.24. The highest BCUT2D eigenvalue weighted by Crippen LogP contribution is 2.20. The molecule has 6 nitrogen and oxygen atoms in total. The van der Waals surface area contributed by atoms with Crippen LogP contribution in [0.3, 0.4) is 0 Å². The molecule has 1 aliphatic heterocycles. The lowest BCUT2D eigenvalue weighted by atomic mass is 9.96. The van der Waals surface area contributed by atoms with Gasteiger partial charge in [-0.1, -0.05) is 20.8 Å². The Morgan fingerprint density at radius 1 is 1.36 bits per heavy atom. The van der Waals surface area contributed by atoms with Gasteiger partial charge in [0.1, 0.15) is 0 Å². The van der Waals surface area contributed by atoms with Gasteiger partial charge < -0.3 is 16.0 Å². The molecule has 0 aromatic carbocycles. The average Bonchev–Trinajstić information content (AvgIpc) is 2.87. The molecule has 25 heavy (non-hydrogen) atoms. The minimum absolute atomic E-state index is 0. The molecule has 2 amide bonds. The van der Waals surface area contributed by atoms with Crippen LogP contribution in [0.25, 0.3) is 0 Å². The number of piperidine rings is 1. The van der Waals surface area contributed by atoms with Gasteiger partial charge in [0.15, 0.2) is 5.13 Å². The van der Waals surface area contributed by atoms with Gasteiger partial charge in [-0.3, -0.25) is 9.59 Å². The molecule has 2 unspecified atom stereocenters. The zero-order valence-electron chi connectivity index (χ0n) is 15.0. The standard InChI is InChI=1S/C16H26N4O2S.2ClH/c1-10-12(6-5-7-17-10)19-13(21)8-11-9-23-15(18-11)20-14(22)16(2,3)4;;/h9-10,12,17H,5-8H2,1-4H3,(H,19,21)(H,18,20,22);2*1H.